The van der Waals surface area contributed by atoms with Gasteiger partial charge in [-0.3, -0.25) is 4.79 Å². The van der Waals surface area contributed by atoms with Crippen molar-refractivity contribution in [3.63, 3.8) is 0 Å². The average Bonchev–Trinajstić information content (AvgIpc) is 3.30. The van der Waals surface area contributed by atoms with Gasteiger partial charge in [0.15, 0.2) is 6.61 Å². The van der Waals surface area contributed by atoms with Crippen molar-refractivity contribution in [1.82, 2.24) is 4.90 Å². The fourth-order valence-corrected chi connectivity index (χ4v) is 4.26. The number of carbonyl (C=O) groups excluding carboxylic acids is 1. The van der Waals surface area contributed by atoms with E-state index in [1.54, 1.807) is 11.3 Å². The molecule has 2 aromatic carbocycles. The number of hydrogen-bond donors (Lipinski definition) is 0. The van der Waals surface area contributed by atoms with Gasteiger partial charge in [0.05, 0.1) is 6.04 Å². The van der Waals surface area contributed by atoms with Crippen molar-refractivity contribution in [2.75, 3.05) is 13.2 Å². The van der Waals surface area contributed by atoms with E-state index in [-0.39, 0.29) is 18.6 Å². The predicted molar refractivity (Wildman–Crippen MR) is 97.5 cm³/mol. The third-order valence-corrected chi connectivity index (χ3v) is 5.52. The predicted octanol–water partition coefficient (Wildman–Crippen LogP) is 4.64. The number of rotatable bonds is 4. The highest BCUT2D eigenvalue weighted by molar-refractivity contribution is 7.10. The van der Waals surface area contributed by atoms with Gasteiger partial charge in [0.25, 0.3) is 5.91 Å². The van der Waals surface area contributed by atoms with E-state index in [1.165, 1.54) is 4.88 Å². The van der Waals surface area contributed by atoms with E-state index >= 15 is 0 Å². The Kier molecular flexibility index (Phi) is 4.22. The molecule has 0 bridgehead atoms. The van der Waals surface area contributed by atoms with E-state index in [4.69, 9.17) is 4.74 Å². The SMILES string of the molecule is O=C(COc1cccc2ccccc12)N1CCC[C@H]1c1cccs1. The molecule has 3 aromatic rings. The Bertz CT molecular complexity index is 838. The van der Waals surface area contributed by atoms with E-state index in [9.17, 15) is 4.79 Å². The lowest BCUT2D eigenvalue weighted by Crippen LogP contribution is -2.34. The lowest BCUT2D eigenvalue weighted by Gasteiger charge is -2.24. The van der Waals surface area contributed by atoms with Crippen molar-refractivity contribution >= 4 is 28.0 Å². The van der Waals surface area contributed by atoms with Crippen molar-refractivity contribution in [3.8, 4) is 5.75 Å². The second-order valence-electron chi connectivity index (χ2n) is 6.03. The number of thiophene rings is 1. The zero-order valence-corrected chi connectivity index (χ0v) is 14.2. The third-order valence-electron chi connectivity index (χ3n) is 4.55. The van der Waals surface area contributed by atoms with Gasteiger partial charge in [0.1, 0.15) is 5.75 Å². The number of fused-ring (bicyclic) bond motifs is 1. The van der Waals surface area contributed by atoms with Crippen LogP contribution in [0.3, 0.4) is 0 Å². The van der Waals surface area contributed by atoms with Gasteiger partial charge in [0.2, 0.25) is 0 Å². The quantitative estimate of drug-likeness (QED) is 0.694. The highest BCUT2D eigenvalue weighted by Crippen LogP contribution is 2.34. The molecule has 1 atom stereocenters. The Balaban J connectivity index is 1.48. The molecule has 24 heavy (non-hydrogen) atoms. The Morgan fingerprint density at radius 3 is 2.88 bits per heavy atom. The number of benzene rings is 2. The Hall–Kier alpha value is -2.33. The zero-order valence-electron chi connectivity index (χ0n) is 13.4. The summed E-state index contributed by atoms with van der Waals surface area (Å²) in [4.78, 5) is 15.9. The van der Waals surface area contributed by atoms with E-state index in [1.807, 2.05) is 41.3 Å². The van der Waals surface area contributed by atoms with Crippen molar-refractivity contribution in [2.24, 2.45) is 0 Å². The zero-order chi connectivity index (χ0) is 16.4. The van der Waals surface area contributed by atoms with Crippen LogP contribution in [-0.2, 0) is 4.79 Å². The summed E-state index contributed by atoms with van der Waals surface area (Å²) in [5.74, 6) is 0.840. The first kappa shape index (κ1) is 15.2. The summed E-state index contributed by atoms with van der Waals surface area (Å²) in [5.41, 5.74) is 0. The van der Waals surface area contributed by atoms with Crippen LogP contribution in [0.5, 0.6) is 5.75 Å². The Morgan fingerprint density at radius 2 is 2.00 bits per heavy atom. The van der Waals surface area contributed by atoms with Crippen LogP contribution >= 0.6 is 11.3 Å². The van der Waals surface area contributed by atoms with Crippen molar-refractivity contribution in [3.05, 3.63) is 64.9 Å². The topological polar surface area (TPSA) is 29.5 Å². The van der Waals surface area contributed by atoms with Gasteiger partial charge >= 0.3 is 0 Å². The normalized spacial score (nSPS) is 17.3. The lowest BCUT2D eigenvalue weighted by atomic mass is 10.1. The number of hydrogen-bond acceptors (Lipinski definition) is 3. The van der Waals surface area contributed by atoms with Crippen LogP contribution in [0.1, 0.15) is 23.8 Å². The number of ether oxygens (including phenoxy) is 1. The summed E-state index contributed by atoms with van der Waals surface area (Å²) in [7, 11) is 0. The summed E-state index contributed by atoms with van der Waals surface area (Å²) < 4.78 is 5.87. The van der Waals surface area contributed by atoms with E-state index < -0.39 is 0 Å². The number of nitrogens with zero attached hydrogens (tertiary/aromatic N) is 1. The molecule has 0 radical (unpaired) electrons. The molecule has 4 heteroatoms. The fourth-order valence-electron chi connectivity index (χ4n) is 3.39. The number of carbonyl (C=O) groups is 1. The molecule has 1 aliphatic heterocycles. The maximum Gasteiger partial charge on any atom is 0.261 e. The molecule has 2 heterocycles. The van der Waals surface area contributed by atoms with Crippen molar-refractivity contribution in [2.45, 2.75) is 18.9 Å². The van der Waals surface area contributed by atoms with Crippen LogP contribution in [0.2, 0.25) is 0 Å². The minimum Gasteiger partial charge on any atom is -0.483 e. The van der Waals surface area contributed by atoms with Crippen LogP contribution in [0, 0.1) is 0 Å². The standard InChI is InChI=1S/C20H19NO2S/c22-20(21-12-4-9-17(21)19-11-5-13-24-19)14-23-18-10-3-7-15-6-1-2-8-16(15)18/h1-3,5-8,10-11,13,17H,4,9,12,14H2/t17-/m0/s1. The largest absolute Gasteiger partial charge is 0.483 e. The van der Waals surface area contributed by atoms with Gasteiger partial charge < -0.3 is 9.64 Å². The molecular formula is C20H19NO2S. The Morgan fingerprint density at radius 1 is 1.12 bits per heavy atom. The summed E-state index contributed by atoms with van der Waals surface area (Å²) in [6.07, 6.45) is 2.10. The molecule has 0 unspecified atom stereocenters. The first-order chi connectivity index (χ1) is 11.8. The van der Waals surface area contributed by atoms with Crippen molar-refractivity contribution < 1.29 is 9.53 Å². The molecule has 1 aromatic heterocycles. The molecule has 4 rings (SSSR count). The molecule has 0 saturated carbocycles. The molecule has 1 saturated heterocycles. The number of amides is 1. The highest BCUT2D eigenvalue weighted by atomic mass is 32.1. The molecule has 1 fully saturated rings. The number of likely N-dealkylation sites (tertiary alicyclic amines) is 1. The molecule has 122 valence electrons. The lowest BCUT2D eigenvalue weighted by molar-refractivity contribution is -0.134. The molecule has 0 aliphatic carbocycles. The third kappa shape index (κ3) is 2.89. The minimum atomic E-state index is 0.0684. The van der Waals surface area contributed by atoms with Crippen LogP contribution < -0.4 is 4.74 Å². The van der Waals surface area contributed by atoms with Crippen LogP contribution in [-0.4, -0.2) is 24.0 Å². The molecule has 0 N–H and O–H groups in total. The first-order valence-corrected chi connectivity index (χ1v) is 9.14. The highest BCUT2D eigenvalue weighted by Gasteiger charge is 2.30. The maximum absolute atomic E-state index is 12.7. The van der Waals surface area contributed by atoms with E-state index in [0.29, 0.717) is 0 Å². The molecule has 1 aliphatic rings. The monoisotopic (exact) mass is 337 g/mol. The van der Waals surface area contributed by atoms with Gasteiger partial charge in [-0.2, -0.15) is 0 Å². The molecule has 0 spiro atoms. The maximum atomic E-state index is 12.7. The second kappa shape index (κ2) is 6.65. The summed E-state index contributed by atoms with van der Waals surface area (Å²) in [6.45, 7) is 0.913. The first-order valence-electron chi connectivity index (χ1n) is 8.26. The second-order valence-corrected chi connectivity index (χ2v) is 7.01. The van der Waals surface area contributed by atoms with Gasteiger partial charge in [-0.1, -0.05) is 42.5 Å². The van der Waals surface area contributed by atoms with Gasteiger partial charge in [-0.25, -0.2) is 0 Å². The van der Waals surface area contributed by atoms with Gasteiger partial charge in [0, 0.05) is 16.8 Å². The summed E-state index contributed by atoms with van der Waals surface area (Å²) >= 11 is 1.72. The fraction of sp³-hybridized carbons (Fsp3) is 0.250. The van der Waals surface area contributed by atoms with Crippen LogP contribution in [0.15, 0.2) is 60.0 Å². The van der Waals surface area contributed by atoms with E-state index in [0.717, 1.165) is 35.9 Å². The van der Waals surface area contributed by atoms with Gasteiger partial charge in [-0.05, 0) is 35.7 Å². The molecule has 1 amide bonds. The van der Waals surface area contributed by atoms with Crippen LogP contribution in [0.4, 0.5) is 0 Å². The minimum absolute atomic E-state index is 0.0684. The average molecular weight is 337 g/mol. The Labute approximate surface area is 145 Å². The van der Waals surface area contributed by atoms with Crippen molar-refractivity contribution in [1.29, 1.82) is 0 Å². The van der Waals surface area contributed by atoms with Gasteiger partial charge in [-0.15, -0.1) is 11.3 Å². The molecular weight excluding hydrogens is 318 g/mol. The summed E-state index contributed by atoms with van der Waals surface area (Å²) in [5, 5.41) is 4.24. The summed E-state index contributed by atoms with van der Waals surface area (Å²) in [6, 6.07) is 18.4. The molecule has 3 nitrogen and oxygen atoms in total. The van der Waals surface area contributed by atoms with Crippen LogP contribution in [0.25, 0.3) is 10.8 Å². The van der Waals surface area contributed by atoms with E-state index in [2.05, 4.69) is 23.6 Å². The smallest absolute Gasteiger partial charge is 0.261 e.